The molecule has 29 heavy (non-hydrogen) atoms. The van der Waals surface area contributed by atoms with Gasteiger partial charge in [0.05, 0.1) is 10.9 Å². The number of hydrogen-bond acceptors (Lipinski definition) is 5. The molecule has 0 aliphatic carbocycles. The number of aliphatic carboxylic acids is 1. The molecular formula is C21H23N2O5S-. The Bertz CT molecular complexity index is 1010. The minimum absolute atomic E-state index is 0.0405. The average Bonchev–Trinajstić information content (AvgIpc) is 2.73. The highest BCUT2D eigenvalue weighted by Gasteiger charge is 2.39. The summed E-state index contributed by atoms with van der Waals surface area (Å²) in [5, 5.41) is 12.0. The van der Waals surface area contributed by atoms with Crippen LogP contribution < -0.4 is 5.11 Å². The van der Waals surface area contributed by atoms with Gasteiger partial charge in [-0.05, 0) is 36.6 Å². The molecule has 0 radical (unpaired) electrons. The Balaban J connectivity index is 1.81. The highest BCUT2D eigenvalue weighted by Crippen LogP contribution is 2.35. The van der Waals surface area contributed by atoms with E-state index in [9.17, 15) is 23.1 Å². The second-order valence-corrected chi connectivity index (χ2v) is 9.49. The summed E-state index contributed by atoms with van der Waals surface area (Å²) in [4.78, 5) is 26.5. The molecule has 3 rings (SSSR count). The maximum atomic E-state index is 12.9. The van der Waals surface area contributed by atoms with Crippen molar-refractivity contribution in [3.05, 3.63) is 65.7 Å². The van der Waals surface area contributed by atoms with Crippen LogP contribution in [0.2, 0.25) is 0 Å². The maximum Gasteiger partial charge on any atom is 0.253 e. The van der Waals surface area contributed by atoms with Crippen LogP contribution in [0.5, 0.6) is 0 Å². The zero-order valence-corrected chi connectivity index (χ0v) is 17.2. The van der Waals surface area contributed by atoms with E-state index >= 15 is 0 Å². The van der Waals surface area contributed by atoms with Crippen molar-refractivity contribution < 1.29 is 23.1 Å². The maximum absolute atomic E-state index is 12.9. The molecule has 1 amide bonds. The first-order valence-electron chi connectivity index (χ1n) is 9.27. The van der Waals surface area contributed by atoms with Gasteiger partial charge in [0.2, 0.25) is 10.0 Å². The van der Waals surface area contributed by atoms with Crippen molar-refractivity contribution in [1.29, 1.82) is 0 Å². The van der Waals surface area contributed by atoms with Crippen LogP contribution in [-0.4, -0.2) is 56.7 Å². The topological polar surface area (TPSA) is 97.8 Å². The summed E-state index contributed by atoms with van der Waals surface area (Å²) in [5.74, 6) is -1.46. The van der Waals surface area contributed by atoms with Crippen molar-refractivity contribution in [3.63, 3.8) is 0 Å². The van der Waals surface area contributed by atoms with E-state index in [4.69, 9.17) is 0 Å². The first-order valence-corrected chi connectivity index (χ1v) is 10.7. The minimum atomic E-state index is -3.65. The highest BCUT2D eigenvalue weighted by atomic mass is 32.2. The smallest absolute Gasteiger partial charge is 0.253 e. The van der Waals surface area contributed by atoms with Gasteiger partial charge >= 0.3 is 0 Å². The minimum Gasteiger partial charge on any atom is -0.549 e. The number of carboxylic acids is 1. The van der Waals surface area contributed by atoms with Crippen molar-refractivity contribution in [3.8, 4) is 0 Å². The van der Waals surface area contributed by atoms with Crippen LogP contribution >= 0.6 is 0 Å². The van der Waals surface area contributed by atoms with E-state index in [1.807, 2.05) is 6.07 Å². The second-order valence-electron chi connectivity index (χ2n) is 7.34. The van der Waals surface area contributed by atoms with E-state index in [1.165, 1.54) is 32.3 Å². The molecule has 0 N–H and O–H groups in total. The monoisotopic (exact) mass is 415 g/mol. The Morgan fingerprint density at radius 2 is 1.62 bits per heavy atom. The fraction of sp³-hybridized carbons (Fsp3) is 0.333. The molecule has 0 unspecified atom stereocenters. The third kappa shape index (κ3) is 3.90. The summed E-state index contributed by atoms with van der Waals surface area (Å²) in [6.07, 6.45) is 0.474. The van der Waals surface area contributed by atoms with Gasteiger partial charge in [0, 0.05) is 38.2 Å². The Hall–Kier alpha value is -2.71. The van der Waals surface area contributed by atoms with Crippen molar-refractivity contribution in [1.82, 2.24) is 9.21 Å². The van der Waals surface area contributed by atoms with E-state index in [0.29, 0.717) is 5.56 Å². The molecule has 2 aromatic carbocycles. The van der Waals surface area contributed by atoms with Gasteiger partial charge < -0.3 is 14.8 Å². The number of carbonyl (C=O) groups is 2. The van der Waals surface area contributed by atoms with E-state index in [1.54, 1.807) is 35.2 Å². The summed E-state index contributed by atoms with van der Waals surface area (Å²) in [6, 6.07) is 14.8. The molecule has 0 spiro atoms. The van der Waals surface area contributed by atoms with Gasteiger partial charge in [0.1, 0.15) is 0 Å². The lowest BCUT2D eigenvalue weighted by Gasteiger charge is -2.43. The Morgan fingerprint density at radius 3 is 2.17 bits per heavy atom. The molecule has 154 valence electrons. The normalized spacial score (nSPS) is 16.6. The SMILES string of the molecule is CN(C)S(=O)(=O)c1cccc(C(=O)N2CCC(C(=O)[O-])(c3ccccc3)CC2)c1. The van der Waals surface area contributed by atoms with Gasteiger partial charge in [-0.1, -0.05) is 36.4 Å². The Kier molecular flexibility index (Phi) is 5.77. The number of benzene rings is 2. The lowest BCUT2D eigenvalue weighted by atomic mass is 9.73. The number of sulfonamides is 1. The van der Waals surface area contributed by atoms with Crippen LogP contribution in [0.1, 0.15) is 28.8 Å². The predicted molar refractivity (Wildman–Crippen MR) is 106 cm³/mol. The fourth-order valence-electron chi connectivity index (χ4n) is 3.64. The van der Waals surface area contributed by atoms with Crippen molar-refractivity contribution >= 4 is 21.9 Å². The molecule has 0 atom stereocenters. The van der Waals surface area contributed by atoms with Gasteiger partial charge in [-0.15, -0.1) is 0 Å². The third-order valence-corrected chi connectivity index (χ3v) is 7.29. The highest BCUT2D eigenvalue weighted by molar-refractivity contribution is 7.89. The fourth-order valence-corrected chi connectivity index (χ4v) is 4.59. The van der Waals surface area contributed by atoms with Crippen LogP contribution in [0.4, 0.5) is 0 Å². The van der Waals surface area contributed by atoms with Crippen molar-refractivity contribution in [2.45, 2.75) is 23.2 Å². The summed E-state index contributed by atoms with van der Waals surface area (Å²) < 4.78 is 25.7. The summed E-state index contributed by atoms with van der Waals surface area (Å²) in [7, 11) is -0.797. The van der Waals surface area contributed by atoms with Crippen LogP contribution in [0.3, 0.4) is 0 Å². The van der Waals surface area contributed by atoms with Crippen LogP contribution in [0.25, 0.3) is 0 Å². The molecule has 1 fully saturated rings. The summed E-state index contributed by atoms with van der Waals surface area (Å²) in [5.41, 5.74) is -0.200. The van der Waals surface area contributed by atoms with Gasteiger partial charge in [0.15, 0.2) is 0 Å². The van der Waals surface area contributed by atoms with Crippen molar-refractivity contribution in [2.75, 3.05) is 27.2 Å². The molecule has 0 aromatic heterocycles. The number of amides is 1. The number of nitrogens with zero attached hydrogens (tertiary/aromatic N) is 2. The van der Waals surface area contributed by atoms with E-state index in [-0.39, 0.29) is 42.3 Å². The molecule has 0 bridgehead atoms. The van der Waals surface area contributed by atoms with E-state index in [2.05, 4.69) is 0 Å². The van der Waals surface area contributed by atoms with Crippen molar-refractivity contribution in [2.24, 2.45) is 0 Å². The van der Waals surface area contributed by atoms with E-state index in [0.717, 1.165) is 4.31 Å². The molecule has 1 saturated heterocycles. The largest absolute Gasteiger partial charge is 0.549 e. The molecule has 7 nitrogen and oxygen atoms in total. The summed E-state index contributed by atoms with van der Waals surface area (Å²) in [6.45, 7) is 0.485. The number of carboxylic acid groups (broad SMARTS) is 1. The average molecular weight is 415 g/mol. The van der Waals surface area contributed by atoms with Gasteiger partial charge in [0.25, 0.3) is 5.91 Å². The zero-order chi connectivity index (χ0) is 21.2. The predicted octanol–water partition coefficient (Wildman–Crippen LogP) is 0.861. The Labute approximate surface area is 170 Å². The first-order chi connectivity index (χ1) is 13.7. The molecule has 1 aliphatic heterocycles. The number of rotatable bonds is 5. The molecule has 1 heterocycles. The summed E-state index contributed by atoms with van der Waals surface area (Å²) >= 11 is 0. The standard InChI is InChI=1S/C21H24N2O5S/c1-22(2)29(27,28)18-10-6-7-16(15-18)19(24)23-13-11-21(12-14-23,20(25)26)17-8-4-3-5-9-17/h3-10,15H,11-14H2,1-2H3,(H,25,26)/p-1. The third-order valence-electron chi connectivity index (χ3n) is 5.48. The van der Waals surface area contributed by atoms with E-state index < -0.39 is 21.4 Å². The van der Waals surface area contributed by atoms with Crippen LogP contribution in [0, 0.1) is 0 Å². The molecular weight excluding hydrogens is 392 g/mol. The quantitative estimate of drug-likeness (QED) is 0.721. The number of carbonyl (C=O) groups excluding carboxylic acids is 2. The number of hydrogen-bond donors (Lipinski definition) is 0. The van der Waals surface area contributed by atoms with Crippen LogP contribution in [0.15, 0.2) is 59.5 Å². The first kappa shape index (κ1) is 21.0. The molecule has 0 saturated carbocycles. The Morgan fingerprint density at radius 1 is 1.00 bits per heavy atom. The zero-order valence-electron chi connectivity index (χ0n) is 16.4. The lowest BCUT2D eigenvalue weighted by molar-refractivity contribution is -0.315. The molecule has 8 heteroatoms. The molecule has 2 aromatic rings. The van der Waals surface area contributed by atoms with Gasteiger partial charge in [-0.2, -0.15) is 0 Å². The van der Waals surface area contributed by atoms with Gasteiger partial charge in [-0.3, -0.25) is 4.79 Å². The molecule has 1 aliphatic rings. The number of likely N-dealkylation sites (tertiary alicyclic amines) is 1. The number of piperidine rings is 1. The lowest BCUT2D eigenvalue weighted by Crippen LogP contribution is -2.53. The van der Waals surface area contributed by atoms with Gasteiger partial charge in [-0.25, -0.2) is 12.7 Å². The van der Waals surface area contributed by atoms with Crippen LogP contribution in [-0.2, 0) is 20.2 Å². The second kappa shape index (κ2) is 7.96.